The molecule has 0 spiro atoms. The number of rotatable bonds is 4. The van der Waals surface area contributed by atoms with Crippen molar-refractivity contribution in [1.82, 2.24) is 9.88 Å². The average Bonchev–Trinajstić information content (AvgIpc) is 3.14. The van der Waals surface area contributed by atoms with Gasteiger partial charge in [0.05, 0.1) is 5.56 Å². The second-order valence-electron chi connectivity index (χ2n) is 7.05. The number of nitrogens with one attached hydrogen (secondary N) is 1. The van der Waals surface area contributed by atoms with Gasteiger partial charge in [-0.25, -0.2) is 0 Å². The lowest BCUT2D eigenvalue weighted by Gasteiger charge is -2.28. The van der Waals surface area contributed by atoms with Crippen LogP contribution >= 0.6 is 0 Å². The molecule has 5 heteroatoms. The second kappa shape index (κ2) is 7.14. The summed E-state index contributed by atoms with van der Waals surface area (Å²) >= 11 is 0. The minimum atomic E-state index is -4.29. The number of hydrogen-bond donors (Lipinski definition) is 1. The van der Waals surface area contributed by atoms with Crippen LogP contribution in [0.2, 0.25) is 0 Å². The molecule has 0 aliphatic carbocycles. The van der Waals surface area contributed by atoms with Crippen molar-refractivity contribution < 1.29 is 13.2 Å². The van der Waals surface area contributed by atoms with Crippen molar-refractivity contribution in [3.05, 3.63) is 83.7 Å². The first-order chi connectivity index (χ1) is 13.0. The molecule has 0 fully saturated rings. The zero-order chi connectivity index (χ0) is 18.9. The van der Waals surface area contributed by atoms with Gasteiger partial charge in [0.15, 0.2) is 0 Å². The molecule has 4 rings (SSSR count). The van der Waals surface area contributed by atoms with Crippen LogP contribution in [0.3, 0.4) is 0 Å². The van der Waals surface area contributed by atoms with Gasteiger partial charge in [0.2, 0.25) is 0 Å². The maximum atomic E-state index is 12.9. The van der Waals surface area contributed by atoms with E-state index in [1.165, 1.54) is 23.1 Å². The Hall–Kier alpha value is -2.69. The van der Waals surface area contributed by atoms with Crippen LogP contribution in [0.1, 0.15) is 29.0 Å². The SMILES string of the molecule is FC(F)(F)c1cccc(C2C=CN(CCc3ccc4cc[nH]c4c3)CC2)c1. The maximum Gasteiger partial charge on any atom is 0.416 e. The van der Waals surface area contributed by atoms with E-state index in [-0.39, 0.29) is 5.92 Å². The van der Waals surface area contributed by atoms with Crippen LogP contribution in [0.15, 0.2) is 67.0 Å². The molecule has 2 heterocycles. The summed E-state index contributed by atoms with van der Waals surface area (Å²) in [5.41, 5.74) is 2.58. The Labute approximate surface area is 156 Å². The fourth-order valence-corrected chi connectivity index (χ4v) is 3.63. The molecule has 2 aromatic carbocycles. The summed E-state index contributed by atoms with van der Waals surface area (Å²) in [5, 5.41) is 1.21. The van der Waals surface area contributed by atoms with Crippen molar-refractivity contribution in [2.45, 2.75) is 24.9 Å². The molecule has 3 aromatic rings. The van der Waals surface area contributed by atoms with Crippen LogP contribution in [0.4, 0.5) is 13.2 Å². The summed E-state index contributed by atoms with van der Waals surface area (Å²) in [6.45, 7) is 1.75. The smallest absolute Gasteiger partial charge is 0.377 e. The number of alkyl halides is 3. The Bertz CT molecular complexity index is 955. The monoisotopic (exact) mass is 370 g/mol. The van der Waals surface area contributed by atoms with Crippen LogP contribution in [0.5, 0.6) is 0 Å². The number of benzene rings is 2. The highest BCUT2D eigenvalue weighted by atomic mass is 19.4. The zero-order valence-corrected chi connectivity index (χ0v) is 14.8. The number of nitrogens with zero attached hydrogens (tertiary/aromatic N) is 1. The average molecular weight is 370 g/mol. The number of fused-ring (bicyclic) bond motifs is 1. The van der Waals surface area contributed by atoms with Crippen molar-refractivity contribution in [2.75, 3.05) is 13.1 Å². The summed E-state index contributed by atoms with van der Waals surface area (Å²) in [5.74, 6) is 0.0406. The summed E-state index contributed by atoms with van der Waals surface area (Å²) in [4.78, 5) is 5.47. The predicted octanol–water partition coefficient (Wildman–Crippen LogP) is 5.73. The van der Waals surface area contributed by atoms with Gasteiger partial charge in [-0.15, -0.1) is 0 Å². The topological polar surface area (TPSA) is 19.0 Å². The Kier molecular flexibility index (Phi) is 4.68. The van der Waals surface area contributed by atoms with Crippen molar-refractivity contribution in [3.8, 4) is 0 Å². The lowest BCUT2D eigenvalue weighted by Crippen LogP contribution is -2.26. The zero-order valence-electron chi connectivity index (χ0n) is 14.8. The first kappa shape index (κ1) is 17.7. The van der Waals surface area contributed by atoms with Crippen molar-refractivity contribution in [1.29, 1.82) is 0 Å². The molecule has 1 aliphatic heterocycles. The van der Waals surface area contributed by atoms with E-state index in [9.17, 15) is 13.2 Å². The first-order valence-corrected chi connectivity index (χ1v) is 9.14. The van der Waals surface area contributed by atoms with Gasteiger partial charge in [0.25, 0.3) is 0 Å². The number of hydrogen-bond acceptors (Lipinski definition) is 1. The summed E-state index contributed by atoms with van der Waals surface area (Å²) < 4.78 is 38.7. The lowest BCUT2D eigenvalue weighted by molar-refractivity contribution is -0.137. The van der Waals surface area contributed by atoms with Gasteiger partial charge in [-0.05, 0) is 53.8 Å². The van der Waals surface area contributed by atoms with Gasteiger partial charge >= 0.3 is 6.18 Å². The van der Waals surface area contributed by atoms with Crippen molar-refractivity contribution in [3.63, 3.8) is 0 Å². The number of aromatic nitrogens is 1. The predicted molar refractivity (Wildman–Crippen MR) is 102 cm³/mol. The van der Waals surface area contributed by atoms with Crippen LogP contribution in [0, 0.1) is 0 Å². The minimum Gasteiger partial charge on any atom is -0.377 e. The Morgan fingerprint density at radius 3 is 2.74 bits per heavy atom. The lowest BCUT2D eigenvalue weighted by atomic mass is 9.92. The van der Waals surface area contributed by atoms with Crippen LogP contribution in [-0.2, 0) is 12.6 Å². The Morgan fingerprint density at radius 2 is 1.96 bits per heavy atom. The number of halogens is 3. The molecule has 0 saturated heterocycles. The van der Waals surface area contributed by atoms with E-state index in [2.05, 4.69) is 34.1 Å². The quantitative estimate of drug-likeness (QED) is 0.621. The van der Waals surface area contributed by atoms with Crippen LogP contribution in [0.25, 0.3) is 10.9 Å². The third-order valence-corrected chi connectivity index (χ3v) is 5.21. The van der Waals surface area contributed by atoms with E-state index < -0.39 is 11.7 Å². The molecular formula is C22H21F3N2. The molecule has 27 heavy (non-hydrogen) atoms. The molecule has 140 valence electrons. The number of aromatic amines is 1. The van der Waals surface area contributed by atoms with Crippen molar-refractivity contribution >= 4 is 10.9 Å². The molecule has 0 saturated carbocycles. The van der Waals surface area contributed by atoms with E-state index in [0.29, 0.717) is 0 Å². The van der Waals surface area contributed by atoms with Gasteiger partial charge in [0, 0.05) is 30.7 Å². The molecule has 0 bridgehead atoms. The normalized spacial score (nSPS) is 17.6. The fraction of sp³-hybridized carbons (Fsp3) is 0.273. The number of H-pyrrole nitrogens is 1. The molecule has 1 atom stereocenters. The summed E-state index contributed by atoms with van der Waals surface area (Å²) in [6.07, 6.45) is 3.46. The molecule has 1 unspecified atom stereocenters. The highest BCUT2D eigenvalue weighted by Gasteiger charge is 2.31. The van der Waals surface area contributed by atoms with Crippen LogP contribution < -0.4 is 0 Å². The molecule has 1 N–H and O–H groups in total. The van der Waals surface area contributed by atoms with Gasteiger partial charge in [-0.2, -0.15) is 13.2 Å². The molecule has 1 aliphatic rings. The Morgan fingerprint density at radius 1 is 1.07 bits per heavy atom. The van der Waals surface area contributed by atoms with Crippen LogP contribution in [-0.4, -0.2) is 23.0 Å². The highest BCUT2D eigenvalue weighted by molar-refractivity contribution is 5.79. The van der Waals surface area contributed by atoms with E-state index in [0.717, 1.165) is 43.1 Å². The van der Waals surface area contributed by atoms with E-state index in [1.54, 1.807) is 6.07 Å². The highest BCUT2D eigenvalue weighted by Crippen LogP contribution is 2.33. The Balaban J connectivity index is 1.38. The number of allylic oxidation sites excluding steroid dienone is 1. The van der Waals surface area contributed by atoms with Gasteiger partial charge < -0.3 is 9.88 Å². The van der Waals surface area contributed by atoms with Gasteiger partial charge in [0.1, 0.15) is 0 Å². The first-order valence-electron chi connectivity index (χ1n) is 9.14. The van der Waals surface area contributed by atoms with Gasteiger partial charge in [-0.1, -0.05) is 36.4 Å². The molecular weight excluding hydrogens is 349 g/mol. The second-order valence-corrected chi connectivity index (χ2v) is 7.05. The minimum absolute atomic E-state index is 0.0406. The van der Waals surface area contributed by atoms with Crippen molar-refractivity contribution in [2.24, 2.45) is 0 Å². The standard InChI is InChI=1S/C22H21F3N2/c23-22(24,25)20-3-1-2-19(15-20)17-8-12-27(13-9-17)11-7-16-4-5-18-6-10-26-21(18)14-16/h1-6,8,10,12,14-15,17,26H,7,9,11,13H2. The van der Waals surface area contributed by atoms with E-state index in [4.69, 9.17) is 0 Å². The molecule has 1 aromatic heterocycles. The maximum absolute atomic E-state index is 12.9. The molecule has 0 amide bonds. The summed E-state index contributed by atoms with van der Waals surface area (Å²) in [6, 6.07) is 14.2. The summed E-state index contributed by atoms with van der Waals surface area (Å²) in [7, 11) is 0. The van der Waals surface area contributed by atoms with E-state index in [1.807, 2.05) is 18.5 Å². The third-order valence-electron chi connectivity index (χ3n) is 5.21. The molecule has 0 radical (unpaired) electrons. The van der Waals surface area contributed by atoms with Gasteiger partial charge in [-0.3, -0.25) is 0 Å². The molecule has 2 nitrogen and oxygen atoms in total. The van der Waals surface area contributed by atoms with E-state index >= 15 is 0 Å². The fourth-order valence-electron chi connectivity index (χ4n) is 3.63. The largest absolute Gasteiger partial charge is 0.416 e. The third kappa shape index (κ3) is 4.02.